The summed E-state index contributed by atoms with van der Waals surface area (Å²) < 4.78 is 5.26. The molecule has 0 saturated heterocycles. The van der Waals surface area contributed by atoms with Crippen molar-refractivity contribution in [3.63, 3.8) is 0 Å². The zero-order valence-electron chi connectivity index (χ0n) is 17.3. The lowest BCUT2D eigenvalue weighted by Crippen LogP contribution is -2.52. The van der Waals surface area contributed by atoms with E-state index in [0.29, 0.717) is 12.3 Å². The molecule has 1 saturated carbocycles. The van der Waals surface area contributed by atoms with Gasteiger partial charge in [-0.05, 0) is 65.9 Å². The van der Waals surface area contributed by atoms with Crippen LogP contribution in [-0.2, 0) is 19.1 Å². The molecule has 0 aliphatic heterocycles. The number of hydrogen-bond donors (Lipinski definition) is 1. The second kappa shape index (κ2) is 8.15. The number of rotatable bonds is 7. The van der Waals surface area contributed by atoms with Crippen LogP contribution in [0.4, 0.5) is 0 Å². The minimum absolute atomic E-state index is 0.0366. The van der Waals surface area contributed by atoms with Crippen molar-refractivity contribution in [1.82, 2.24) is 0 Å². The van der Waals surface area contributed by atoms with Crippen LogP contribution in [-0.4, -0.2) is 29.4 Å². The van der Waals surface area contributed by atoms with E-state index in [-0.39, 0.29) is 47.4 Å². The summed E-state index contributed by atoms with van der Waals surface area (Å²) in [6, 6.07) is 0. The zero-order valence-corrected chi connectivity index (χ0v) is 17.3. The number of carbonyl (C=O) groups is 3. The number of ether oxygens (including phenoxy) is 1. The second-order valence-corrected chi connectivity index (χ2v) is 9.28. The highest BCUT2D eigenvalue weighted by Gasteiger charge is 2.55. The third-order valence-corrected chi connectivity index (χ3v) is 7.39. The van der Waals surface area contributed by atoms with Crippen LogP contribution in [0.3, 0.4) is 0 Å². The van der Waals surface area contributed by atoms with Crippen molar-refractivity contribution in [3.8, 4) is 0 Å². The van der Waals surface area contributed by atoms with E-state index in [1.807, 2.05) is 6.92 Å². The lowest BCUT2D eigenvalue weighted by molar-refractivity contribution is -0.142. The second-order valence-electron chi connectivity index (χ2n) is 9.28. The first-order valence-corrected chi connectivity index (χ1v) is 10.1. The Labute approximate surface area is 162 Å². The molecule has 152 valence electrons. The molecule has 0 radical (unpaired) electrons. The van der Waals surface area contributed by atoms with Crippen LogP contribution in [0, 0.1) is 28.6 Å². The Morgan fingerprint density at radius 3 is 2.63 bits per heavy atom. The van der Waals surface area contributed by atoms with Crippen molar-refractivity contribution in [1.29, 1.82) is 0 Å². The number of esters is 1. The number of carboxylic acid groups (broad SMARTS) is 1. The largest absolute Gasteiger partial charge is 0.481 e. The molecule has 5 atom stereocenters. The Morgan fingerprint density at radius 1 is 1.37 bits per heavy atom. The average molecular weight is 379 g/mol. The van der Waals surface area contributed by atoms with Gasteiger partial charge in [-0.3, -0.25) is 14.4 Å². The standard InChI is InChI=1S/C22H34O5/c1-14(10-20(25)26)6-8-21(4)15(2)7-9-22(5)17(13-27-16(3)23)11-18(24)12-19(21)22/h11,14-15,19H,6-10,12-13H2,1-5H3,(H,25,26)/t14-,15-,19+,21-,22+/m0/s1. The third kappa shape index (κ3) is 4.61. The number of carboxylic acids is 1. The molecule has 2 rings (SSSR count). The highest BCUT2D eigenvalue weighted by molar-refractivity contribution is 5.92. The predicted octanol–water partition coefficient (Wildman–Crippen LogP) is 4.40. The SMILES string of the molecule is CC(=O)OCC1=CC(=O)C[C@@H]2[C@@](C)(CC[C@H](C)CC(=O)O)[C@@H](C)CC[C@]12C. The predicted molar refractivity (Wildman–Crippen MR) is 103 cm³/mol. The third-order valence-electron chi connectivity index (χ3n) is 7.39. The molecule has 0 spiro atoms. The molecular formula is C22H34O5. The first-order chi connectivity index (χ1) is 12.5. The lowest BCUT2D eigenvalue weighted by atomic mass is 9.46. The quantitative estimate of drug-likeness (QED) is 0.664. The average Bonchev–Trinajstić information content (AvgIpc) is 2.56. The summed E-state index contributed by atoms with van der Waals surface area (Å²) in [6.45, 7) is 10.3. The van der Waals surface area contributed by atoms with Gasteiger partial charge >= 0.3 is 11.9 Å². The molecule has 0 aromatic heterocycles. The van der Waals surface area contributed by atoms with Crippen LogP contribution in [0.25, 0.3) is 0 Å². The summed E-state index contributed by atoms with van der Waals surface area (Å²) in [7, 11) is 0. The highest BCUT2D eigenvalue weighted by Crippen LogP contribution is 2.61. The Kier molecular flexibility index (Phi) is 6.54. The monoisotopic (exact) mass is 378 g/mol. The molecule has 1 fully saturated rings. The molecule has 1 N–H and O–H groups in total. The van der Waals surface area contributed by atoms with Crippen LogP contribution in [0.15, 0.2) is 11.6 Å². The minimum atomic E-state index is -0.756. The molecule has 0 aromatic carbocycles. The van der Waals surface area contributed by atoms with Gasteiger partial charge in [-0.2, -0.15) is 0 Å². The maximum absolute atomic E-state index is 12.5. The van der Waals surface area contributed by atoms with Crippen molar-refractivity contribution in [2.75, 3.05) is 6.61 Å². The van der Waals surface area contributed by atoms with Crippen molar-refractivity contribution in [3.05, 3.63) is 11.6 Å². The van der Waals surface area contributed by atoms with Gasteiger partial charge in [0.05, 0.1) is 0 Å². The topological polar surface area (TPSA) is 80.7 Å². The summed E-state index contributed by atoms with van der Waals surface area (Å²) in [5.41, 5.74) is 0.752. The Bertz CT molecular complexity index is 637. The molecule has 2 aliphatic rings. The molecule has 0 bridgehead atoms. The van der Waals surface area contributed by atoms with E-state index < -0.39 is 5.97 Å². The molecule has 5 heteroatoms. The fourth-order valence-corrected chi connectivity index (χ4v) is 5.32. The van der Waals surface area contributed by atoms with Gasteiger partial charge in [0, 0.05) is 19.8 Å². The van der Waals surface area contributed by atoms with Crippen LogP contribution < -0.4 is 0 Å². The van der Waals surface area contributed by atoms with Gasteiger partial charge in [0.1, 0.15) is 6.61 Å². The van der Waals surface area contributed by atoms with Crippen molar-refractivity contribution < 1.29 is 24.2 Å². The molecule has 0 aromatic rings. The number of carbonyl (C=O) groups excluding carboxylic acids is 2. The van der Waals surface area contributed by atoms with Crippen molar-refractivity contribution in [2.45, 2.75) is 73.1 Å². The molecule has 0 heterocycles. The number of allylic oxidation sites excluding steroid dienone is 1. The number of fused-ring (bicyclic) bond motifs is 1. The van der Waals surface area contributed by atoms with E-state index in [2.05, 4.69) is 20.8 Å². The van der Waals surface area contributed by atoms with Gasteiger partial charge in [-0.25, -0.2) is 0 Å². The normalized spacial score (nSPS) is 34.4. The van der Waals surface area contributed by atoms with Crippen molar-refractivity contribution >= 4 is 17.7 Å². The van der Waals surface area contributed by atoms with E-state index in [4.69, 9.17) is 9.84 Å². The summed E-state index contributed by atoms with van der Waals surface area (Å²) >= 11 is 0. The first kappa shape index (κ1) is 21.6. The van der Waals surface area contributed by atoms with Crippen LogP contribution in [0.1, 0.15) is 73.1 Å². The molecule has 0 unspecified atom stereocenters. The maximum Gasteiger partial charge on any atom is 0.303 e. The number of aliphatic carboxylic acids is 1. The molecule has 0 amide bonds. The number of ketones is 1. The number of hydrogen-bond acceptors (Lipinski definition) is 4. The van der Waals surface area contributed by atoms with E-state index in [9.17, 15) is 14.4 Å². The zero-order chi connectivity index (χ0) is 20.4. The summed E-state index contributed by atoms with van der Waals surface area (Å²) in [6.07, 6.45) is 6.20. The molecule has 27 heavy (non-hydrogen) atoms. The van der Waals surface area contributed by atoms with Crippen molar-refractivity contribution in [2.24, 2.45) is 28.6 Å². The Hall–Kier alpha value is -1.65. The van der Waals surface area contributed by atoms with E-state index in [1.165, 1.54) is 6.92 Å². The molecular weight excluding hydrogens is 344 g/mol. The first-order valence-electron chi connectivity index (χ1n) is 10.1. The molecule has 2 aliphatic carbocycles. The van der Waals surface area contributed by atoms with Gasteiger partial charge in [0.2, 0.25) is 0 Å². The van der Waals surface area contributed by atoms with Crippen LogP contribution >= 0.6 is 0 Å². The van der Waals surface area contributed by atoms with Gasteiger partial charge in [0.25, 0.3) is 0 Å². The lowest BCUT2D eigenvalue weighted by Gasteiger charge is -2.58. The fourth-order valence-electron chi connectivity index (χ4n) is 5.32. The highest BCUT2D eigenvalue weighted by atomic mass is 16.5. The van der Waals surface area contributed by atoms with E-state index in [1.54, 1.807) is 6.08 Å². The summed E-state index contributed by atoms with van der Waals surface area (Å²) in [4.78, 5) is 34.8. The summed E-state index contributed by atoms with van der Waals surface area (Å²) in [5.74, 6) is -0.201. The van der Waals surface area contributed by atoms with Gasteiger partial charge in [-0.1, -0.05) is 27.7 Å². The van der Waals surface area contributed by atoms with Gasteiger partial charge in [-0.15, -0.1) is 0 Å². The van der Waals surface area contributed by atoms with Crippen LogP contribution in [0.5, 0.6) is 0 Å². The smallest absolute Gasteiger partial charge is 0.303 e. The van der Waals surface area contributed by atoms with E-state index in [0.717, 1.165) is 31.3 Å². The fraction of sp³-hybridized carbons (Fsp3) is 0.773. The maximum atomic E-state index is 12.5. The van der Waals surface area contributed by atoms with Crippen LogP contribution in [0.2, 0.25) is 0 Å². The Morgan fingerprint density at radius 2 is 2.04 bits per heavy atom. The summed E-state index contributed by atoms with van der Waals surface area (Å²) in [5, 5.41) is 9.05. The van der Waals surface area contributed by atoms with Gasteiger partial charge in [0.15, 0.2) is 5.78 Å². The van der Waals surface area contributed by atoms with Gasteiger partial charge < -0.3 is 9.84 Å². The Balaban J connectivity index is 2.26. The molecule has 5 nitrogen and oxygen atoms in total. The minimum Gasteiger partial charge on any atom is -0.481 e. The van der Waals surface area contributed by atoms with E-state index >= 15 is 0 Å².